The van der Waals surface area contributed by atoms with Gasteiger partial charge in [0, 0.05) is 44.1 Å². The maximum Gasteiger partial charge on any atom is 0.256 e. The van der Waals surface area contributed by atoms with Gasteiger partial charge in [0.25, 0.3) is 5.91 Å². The van der Waals surface area contributed by atoms with Crippen LogP contribution in [0.15, 0.2) is 42.7 Å². The third-order valence-electron chi connectivity index (χ3n) is 5.02. The number of pyridine rings is 1. The van der Waals surface area contributed by atoms with Crippen LogP contribution in [0.4, 0.5) is 4.39 Å². The highest BCUT2D eigenvalue weighted by Gasteiger charge is 2.43. The topological polar surface area (TPSA) is 65.9 Å². The Kier molecular flexibility index (Phi) is 6.26. The molecule has 0 aliphatic carbocycles. The van der Waals surface area contributed by atoms with Gasteiger partial charge in [-0.05, 0) is 49.7 Å². The lowest BCUT2D eigenvalue weighted by Gasteiger charge is -2.40. The Morgan fingerprint density at radius 1 is 1.39 bits per heavy atom. The smallest absolute Gasteiger partial charge is 0.256 e. The zero-order valence-corrected chi connectivity index (χ0v) is 16.3. The average Bonchev–Trinajstić information content (AvgIpc) is 2.68. The molecule has 1 aliphatic rings. The van der Waals surface area contributed by atoms with Crippen molar-refractivity contribution < 1.29 is 19.0 Å². The zero-order chi connectivity index (χ0) is 20.1. The lowest BCUT2D eigenvalue weighted by molar-refractivity contribution is -0.160. The number of piperidine rings is 1. The molecule has 1 aliphatic heterocycles. The summed E-state index contributed by atoms with van der Waals surface area (Å²) in [6, 6.07) is 8.27. The number of benzene rings is 1. The molecule has 1 atom stereocenters. The number of hydrogen-bond donors (Lipinski definition) is 1. The lowest BCUT2D eigenvalue weighted by Crippen LogP contribution is -2.57. The number of aliphatic hydroxyl groups is 1. The normalized spacial score (nSPS) is 19.9. The minimum absolute atomic E-state index is 0.108. The number of amides is 1. The van der Waals surface area contributed by atoms with Crippen molar-refractivity contribution in [1.82, 2.24) is 14.8 Å². The molecule has 150 valence electrons. The van der Waals surface area contributed by atoms with Crippen LogP contribution >= 0.6 is 0 Å². The maximum absolute atomic E-state index is 14.2. The lowest BCUT2D eigenvalue weighted by atomic mass is 9.90. The van der Waals surface area contributed by atoms with Gasteiger partial charge in [-0.3, -0.25) is 14.7 Å². The van der Waals surface area contributed by atoms with Gasteiger partial charge in [-0.15, -0.1) is 0 Å². The molecular weight excluding hydrogens is 361 g/mol. The van der Waals surface area contributed by atoms with E-state index in [1.807, 2.05) is 24.1 Å². The molecule has 7 heteroatoms. The second-order valence-corrected chi connectivity index (χ2v) is 7.35. The fraction of sp³-hybridized carbons (Fsp3) is 0.429. The van der Waals surface area contributed by atoms with Crippen molar-refractivity contribution in [2.75, 3.05) is 27.2 Å². The first-order valence-corrected chi connectivity index (χ1v) is 9.33. The number of hydrogen-bond acceptors (Lipinski definition) is 5. The number of rotatable bonds is 7. The van der Waals surface area contributed by atoms with Crippen LogP contribution in [-0.2, 0) is 17.9 Å². The predicted molar refractivity (Wildman–Crippen MR) is 103 cm³/mol. The summed E-state index contributed by atoms with van der Waals surface area (Å²) in [7, 11) is 3.37. The van der Waals surface area contributed by atoms with Crippen LogP contribution < -0.4 is 4.74 Å². The number of ether oxygens (including phenoxy) is 1. The minimum Gasteiger partial charge on any atom is -0.497 e. The summed E-state index contributed by atoms with van der Waals surface area (Å²) in [5.74, 6) is -0.220. The molecular formula is C21H26FN3O3. The number of nitrogens with zero attached hydrogens (tertiary/aromatic N) is 3. The molecule has 2 aromatic rings. The van der Waals surface area contributed by atoms with Gasteiger partial charge in [0.2, 0.25) is 0 Å². The van der Waals surface area contributed by atoms with E-state index in [-0.39, 0.29) is 19.0 Å². The second kappa shape index (κ2) is 8.67. The number of likely N-dealkylation sites (tertiary alicyclic amines) is 1. The number of likely N-dealkylation sites (N-methyl/N-ethyl adjacent to an activating group) is 1. The van der Waals surface area contributed by atoms with Crippen molar-refractivity contribution in [3.8, 4) is 5.75 Å². The van der Waals surface area contributed by atoms with Crippen molar-refractivity contribution in [1.29, 1.82) is 0 Å². The Morgan fingerprint density at radius 3 is 2.93 bits per heavy atom. The first kappa shape index (κ1) is 20.2. The molecule has 1 aromatic heterocycles. The number of methoxy groups -OCH3 is 1. The first-order valence-electron chi connectivity index (χ1n) is 9.33. The van der Waals surface area contributed by atoms with E-state index in [1.54, 1.807) is 24.5 Å². The maximum atomic E-state index is 14.2. The third kappa shape index (κ3) is 4.66. The van der Waals surface area contributed by atoms with Gasteiger partial charge in [0.05, 0.1) is 7.11 Å². The fourth-order valence-corrected chi connectivity index (χ4v) is 3.67. The van der Waals surface area contributed by atoms with E-state index in [9.17, 15) is 14.3 Å². The molecule has 0 bridgehead atoms. The Labute approximate surface area is 164 Å². The molecule has 1 aromatic carbocycles. The highest BCUT2D eigenvalue weighted by molar-refractivity contribution is 5.86. The van der Waals surface area contributed by atoms with Gasteiger partial charge in [-0.1, -0.05) is 6.07 Å². The summed E-state index contributed by atoms with van der Waals surface area (Å²) < 4.78 is 19.3. The summed E-state index contributed by atoms with van der Waals surface area (Å²) in [6.07, 6.45) is 4.52. The standard InChI is InChI=1S/C21H26FN3O3/c1-24(13-16-5-3-9-23-12-16)15-21(27)8-4-10-25(20(21)26)14-17-11-18(28-2)6-7-19(17)22/h3,5-7,9,11-12,27H,4,8,10,13-15H2,1-2H3/t21-/m1/s1. The van der Waals surface area contributed by atoms with Gasteiger partial charge < -0.3 is 14.7 Å². The van der Waals surface area contributed by atoms with Crippen LogP contribution in [0.1, 0.15) is 24.0 Å². The zero-order valence-electron chi connectivity index (χ0n) is 16.3. The first-order chi connectivity index (χ1) is 13.4. The van der Waals surface area contributed by atoms with Crippen LogP contribution in [0.25, 0.3) is 0 Å². The summed E-state index contributed by atoms with van der Waals surface area (Å²) in [6.45, 7) is 1.38. The van der Waals surface area contributed by atoms with Gasteiger partial charge in [0.1, 0.15) is 11.6 Å². The van der Waals surface area contributed by atoms with E-state index >= 15 is 0 Å². The molecule has 1 N–H and O–H groups in total. The van der Waals surface area contributed by atoms with E-state index < -0.39 is 11.4 Å². The molecule has 1 amide bonds. The average molecular weight is 387 g/mol. The van der Waals surface area contributed by atoms with Gasteiger partial charge in [-0.2, -0.15) is 0 Å². The number of aromatic nitrogens is 1. The SMILES string of the molecule is COc1ccc(F)c(CN2CCC[C@@](O)(CN(C)Cc3cccnc3)C2=O)c1. The molecule has 1 fully saturated rings. The third-order valence-corrected chi connectivity index (χ3v) is 5.02. The molecule has 2 heterocycles. The molecule has 0 spiro atoms. The number of carbonyl (C=O) groups excluding carboxylic acids is 1. The molecule has 0 saturated carbocycles. The predicted octanol–water partition coefficient (Wildman–Crippen LogP) is 2.21. The molecule has 3 rings (SSSR count). The summed E-state index contributed by atoms with van der Waals surface area (Å²) >= 11 is 0. The Balaban J connectivity index is 1.68. The quantitative estimate of drug-likeness (QED) is 0.789. The highest BCUT2D eigenvalue weighted by atomic mass is 19.1. The summed E-state index contributed by atoms with van der Waals surface area (Å²) in [4.78, 5) is 20.5. The summed E-state index contributed by atoms with van der Waals surface area (Å²) in [5.41, 5.74) is -0.0993. The van der Waals surface area contributed by atoms with Crippen LogP contribution in [0.2, 0.25) is 0 Å². The number of halogens is 1. The highest BCUT2D eigenvalue weighted by Crippen LogP contribution is 2.27. The van der Waals surface area contributed by atoms with Crippen LogP contribution in [-0.4, -0.2) is 58.6 Å². The molecule has 6 nitrogen and oxygen atoms in total. The van der Waals surface area contributed by atoms with E-state index in [4.69, 9.17) is 4.74 Å². The van der Waals surface area contributed by atoms with Gasteiger partial charge in [0.15, 0.2) is 5.60 Å². The van der Waals surface area contributed by atoms with Crippen LogP contribution in [0.3, 0.4) is 0 Å². The molecule has 0 radical (unpaired) electrons. The van der Waals surface area contributed by atoms with Crippen molar-refractivity contribution >= 4 is 5.91 Å². The van der Waals surface area contributed by atoms with Gasteiger partial charge in [-0.25, -0.2) is 4.39 Å². The summed E-state index contributed by atoms with van der Waals surface area (Å²) in [5, 5.41) is 11.0. The second-order valence-electron chi connectivity index (χ2n) is 7.35. The van der Waals surface area contributed by atoms with Crippen molar-refractivity contribution in [3.63, 3.8) is 0 Å². The van der Waals surface area contributed by atoms with Crippen LogP contribution in [0.5, 0.6) is 5.75 Å². The molecule has 0 unspecified atom stereocenters. The van der Waals surface area contributed by atoms with E-state index in [2.05, 4.69) is 4.98 Å². The van der Waals surface area contributed by atoms with Crippen molar-refractivity contribution in [2.24, 2.45) is 0 Å². The molecule has 1 saturated heterocycles. The van der Waals surface area contributed by atoms with Crippen LogP contribution in [0, 0.1) is 5.82 Å². The Hall–Kier alpha value is -2.51. The van der Waals surface area contributed by atoms with E-state index in [0.717, 1.165) is 5.56 Å². The van der Waals surface area contributed by atoms with Crippen molar-refractivity contribution in [3.05, 3.63) is 59.7 Å². The van der Waals surface area contributed by atoms with Gasteiger partial charge >= 0.3 is 0 Å². The number of carbonyl (C=O) groups is 1. The monoisotopic (exact) mass is 387 g/mol. The Bertz CT molecular complexity index is 818. The Morgan fingerprint density at radius 2 is 2.21 bits per heavy atom. The fourth-order valence-electron chi connectivity index (χ4n) is 3.67. The minimum atomic E-state index is -1.48. The van der Waals surface area contributed by atoms with E-state index in [0.29, 0.717) is 37.2 Å². The van der Waals surface area contributed by atoms with E-state index in [1.165, 1.54) is 18.1 Å². The molecule has 28 heavy (non-hydrogen) atoms. The van der Waals surface area contributed by atoms with Crippen molar-refractivity contribution in [2.45, 2.75) is 31.5 Å². The largest absolute Gasteiger partial charge is 0.497 e.